The van der Waals surface area contributed by atoms with E-state index < -0.39 is 0 Å². The predicted molar refractivity (Wildman–Crippen MR) is 77.4 cm³/mol. The normalized spacial score (nSPS) is 11.4. The molecule has 17 heavy (non-hydrogen) atoms. The first kappa shape index (κ1) is 14.0. The smallest absolute Gasteiger partial charge is 0.0962 e. The number of rotatable bonds is 6. The minimum atomic E-state index is 1.01. The van der Waals surface area contributed by atoms with Gasteiger partial charge in [-0.05, 0) is 45.7 Å². The van der Waals surface area contributed by atoms with Gasteiger partial charge in [-0.15, -0.1) is 11.8 Å². The van der Waals surface area contributed by atoms with Crippen LogP contribution in [0.15, 0.2) is 52.7 Å². The van der Waals surface area contributed by atoms with Crippen LogP contribution in [0.4, 0.5) is 0 Å². The van der Waals surface area contributed by atoms with Gasteiger partial charge in [-0.25, -0.2) is 4.98 Å². The lowest BCUT2D eigenvalue weighted by Gasteiger charge is -2.00. The van der Waals surface area contributed by atoms with Gasteiger partial charge in [0.1, 0.15) is 0 Å². The van der Waals surface area contributed by atoms with E-state index >= 15 is 0 Å². The quantitative estimate of drug-likeness (QED) is 0.525. The SMILES string of the molecule is CC(C)=CCC/C(C)=C/CSc1ccccn1. The number of allylic oxidation sites excluding steroid dienone is 3. The van der Waals surface area contributed by atoms with Crippen molar-refractivity contribution in [1.29, 1.82) is 0 Å². The van der Waals surface area contributed by atoms with Crippen molar-refractivity contribution in [3.63, 3.8) is 0 Å². The average Bonchev–Trinajstić information content (AvgIpc) is 2.30. The summed E-state index contributed by atoms with van der Waals surface area (Å²) in [6.45, 7) is 6.50. The van der Waals surface area contributed by atoms with E-state index in [1.165, 1.54) is 11.1 Å². The van der Waals surface area contributed by atoms with Crippen molar-refractivity contribution in [3.8, 4) is 0 Å². The fourth-order valence-electron chi connectivity index (χ4n) is 1.39. The fraction of sp³-hybridized carbons (Fsp3) is 0.400. The van der Waals surface area contributed by atoms with Gasteiger partial charge in [-0.1, -0.05) is 29.4 Å². The summed E-state index contributed by atoms with van der Waals surface area (Å²) in [5, 5.41) is 1.10. The van der Waals surface area contributed by atoms with Crippen molar-refractivity contribution < 1.29 is 0 Å². The Hall–Kier alpha value is -1.02. The summed E-state index contributed by atoms with van der Waals surface area (Å²) in [6, 6.07) is 6.03. The molecule has 0 aliphatic carbocycles. The largest absolute Gasteiger partial charge is 0.250 e. The lowest BCUT2D eigenvalue weighted by atomic mass is 10.1. The summed E-state index contributed by atoms with van der Waals surface area (Å²) in [5.74, 6) is 1.01. The molecule has 0 unspecified atom stereocenters. The topological polar surface area (TPSA) is 12.9 Å². The Bertz CT molecular complexity index is 375. The molecule has 0 saturated carbocycles. The highest BCUT2D eigenvalue weighted by atomic mass is 32.2. The van der Waals surface area contributed by atoms with Crippen LogP contribution < -0.4 is 0 Å². The third kappa shape index (κ3) is 7.01. The van der Waals surface area contributed by atoms with Crippen LogP contribution in [-0.4, -0.2) is 10.7 Å². The van der Waals surface area contributed by atoms with Crippen molar-refractivity contribution in [2.45, 2.75) is 38.6 Å². The zero-order valence-electron chi connectivity index (χ0n) is 10.9. The molecule has 1 aromatic heterocycles. The van der Waals surface area contributed by atoms with Gasteiger partial charge in [0.15, 0.2) is 0 Å². The van der Waals surface area contributed by atoms with E-state index in [9.17, 15) is 0 Å². The summed E-state index contributed by atoms with van der Waals surface area (Å²) in [4.78, 5) is 4.29. The van der Waals surface area contributed by atoms with E-state index in [2.05, 4.69) is 44.0 Å². The van der Waals surface area contributed by atoms with Crippen LogP contribution in [0.1, 0.15) is 33.6 Å². The minimum Gasteiger partial charge on any atom is -0.250 e. The number of pyridine rings is 1. The Morgan fingerprint density at radius 1 is 1.24 bits per heavy atom. The molecule has 0 bridgehead atoms. The van der Waals surface area contributed by atoms with Gasteiger partial charge in [0.05, 0.1) is 5.03 Å². The van der Waals surface area contributed by atoms with E-state index in [1.54, 1.807) is 11.8 Å². The maximum Gasteiger partial charge on any atom is 0.0962 e. The molecule has 0 fully saturated rings. The van der Waals surface area contributed by atoms with Gasteiger partial charge >= 0.3 is 0 Å². The molecule has 1 heterocycles. The van der Waals surface area contributed by atoms with Crippen LogP contribution in [0.2, 0.25) is 0 Å². The zero-order chi connectivity index (χ0) is 12.5. The van der Waals surface area contributed by atoms with E-state index in [0.29, 0.717) is 0 Å². The zero-order valence-corrected chi connectivity index (χ0v) is 11.8. The number of aromatic nitrogens is 1. The van der Waals surface area contributed by atoms with Gasteiger partial charge in [-0.3, -0.25) is 0 Å². The molecular formula is C15H21NS. The summed E-state index contributed by atoms with van der Waals surface area (Å²) < 4.78 is 0. The molecule has 0 spiro atoms. The van der Waals surface area contributed by atoms with Gasteiger partial charge in [0.25, 0.3) is 0 Å². The van der Waals surface area contributed by atoms with Crippen molar-refractivity contribution >= 4 is 11.8 Å². The highest BCUT2D eigenvalue weighted by Crippen LogP contribution is 2.15. The lowest BCUT2D eigenvalue weighted by Crippen LogP contribution is -1.82. The molecule has 0 radical (unpaired) electrons. The van der Waals surface area contributed by atoms with Crippen molar-refractivity contribution in [2.24, 2.45) is 0 Å². The molecule has 0 N–H and O–H groups in total. The molecule has 1 nitrogen and oxygen atoms in total. The molecule has 1 aromatic rings. The fourth-order valence-corrected chi connectivity index (χ4v) is 2.24. The van der Waals surface area contributed by atoms with Crippen LogP contribution in [0.25, 0.3) is 0 Å². The van der Waals surface area contributed by atoms with Crippen molar-refractivity contribution in [1.82, 2.24) is 4.98 Å². The Labute approximate surface area is 109 Å². The number of hydrogen-bond acceptors (Lipinski definition) is 2. The van der Waals surface area contributed by atoms with Crippen LogP contribution >= 0.6 is 11.8 Å². The minimum absolute atomic E-state index is 1.01. The monoisotopic (exact) mass is 247 g/mol. The predicted octanol–water partition coefficient (Wildman–Crippen LogP) is 4.87. The van der Waals surface area contributed by atoms with Gasteiger partial charge in [0, 0.05) is 11.9 Å². The van der Waals surface area contributed by atoms with Crippen LogP contribution in [-0.2, 0) is 0 Å². The second kappa shape index (κ2) is 8.13. The molecule has 0 amide bonds. The lowest BCUT2D eigenvalue weighted by molar-refractivity contribution is 0.964. The Morgan fingerprint density at radius 3 is 2.71 bits per heavy atom. The number of thioether (sulfide) groups is 1. The highest BCUT2D eigenvalue weighted by Gasteiger charge is 1.93. The maximum atomic E-state index is 4.29. The second-order valence-electron chi connectivity index (χ2n) is 4.35. The summed E-state index contributed by atoms with van der Waals surface area (Å²) in [6.07, 6.45) is 8.75. The van der Waals surface area contributed by atoms with E-state index in [1.807, 2.05) is 18.3 Å². The highest BCUT2D eigenvalue weighted by molar-refractivity contribution is 7.99. The summed E-state index contributed by atoms with van der Waals surface area (Å²) in [5.41, 5.74) is 2.87. The maximum absolute atomic E-state index is 4.29. The standard InChI is InChI=1S/C15H21NS/c1-13(2)7-6-8-14(3)10-12-17-15-9-4-5-11-16-15/h4-5,7,9-11H,6,8,12H2,1-3H3/b14-10+. The van der Waals surface area contributed by atoms with Crippen LogP contribution in [0, 0.1) is 0 Å². The van der Waals surface area contributed by atoms with Crippen LogP contribution in [0.5, 0.6) is 0 Å². The Balaban J connectivity index is 2.26. The van der Waals surface area contributed by atoms with E-state index in [0.717, 1.165) is 23.6 Å². The first-order chi connectivity index (χ1) is 8.18. The Kier molecular flexibility index (Phi) is 6.71. The molecule has 2 heteroatoms. The van der Waals surface area contributed by atoms with Crippen molar-refractivity contribution in [2.75, 3.05) is 5.75 Å². The first-order valence-electron chi connectivity index (χ1n) is 6.01. The molecule has 0 aliphatic rings. The first-order valence-corrected chi connectivity index (χ1v) is 7.00. The summed E-state index contributed by atoms with van der Waals surface area (Å²) in [7, 11) is 0. The average molecular weight is 247 g/mol. The summed E-state index contributed by atoms with van der Waals surface area (Å²) >= 11 is 1.79. The van der Waals surface area contributed by atoms with Crippen LogP contribution in [0.3, 0.4) is 0 Å². The van der Waals surface area contributed by atoms with Gasteiger partial charge in [-0.2, -0.15) is 0 Å². The molecule has 1 rings (SSSR count). The van der Waals surface area contributed by atoms with Gasteiger partial charge in [0.2, 0.25) is 0 Å². The molecule has 0 aromatic carbocycles. The molecule has 0 saturated heterocycles. The number of nitrogens with zero attached hydrogens (tertiary/aromatic N) is 1. The molecule has 0 aliphatic heterocycles. The number of hydrogen-bond donors (Lipinski definition) is 0. The molecule has 92 valence electrons. The van der Waals surface area contributed by atoms with Gasteiger partial charge < -0.3 is 0 Å². The second-order valence-corrected chi connectivity index (χ2v) is 5.39. The van der Waals surface area contributed by atoms with E-state index in [-0.39, 0.29) is 0 Å². The van der Waals surface area contributed by atoms with E-state index in [4.69, 9.17) is 0 Å². The molecule has 0 atom stereocenters. The third-order valence-electron chi connectivity index (χ3n) is 2.39. The molecular weight excluding hydrogens is 226 g/mol. The third-order valence-corrected chi connectivity index (χ3v) is 3.26. The van der Waals surface area contributed by atoms with Crippen molar-refractivity contribution in [3.05, 3.63) is 47.7 Å². The Morgan fingerprint density at radius 2 is 2.06 bits per heavy atom.